The molecule has 2 aliphatic rings. The van der Waals surface area contributed by atoms with Crippen LogP contribution in [0, 0.1) is 11.8 Å². The minimum Gasteiger partial charge on any atom is -0.292 e. The molecule has 3 amide bonds. The Hall–Kier alpha value is -2.51. The molecule has 6 nitrogen and oxygen atoms in total. The maximum atomic E-state index is 13.4. The molecule has 1 heterocycles. The van der Waals surface area contributed by atoms with E-state index in [0.29, 0.717) is 18.4 Å². The molecule has 0 spiro atoms. The van der Waals surface area contributed by atoms with E-state index in [1.807, 2.05) is 0 Å². The average Bonchev–Trinajstić information content (AvgIpc) is 3.03. The Bertz CT molecular complexity index is 1030. The van der Waals surface area contributed by atoms with Crippen molar-refractivity contribution in [3.63, 3.8) is 0 Å². The van der Waals surface area contributed by atoms with Crippen molar-refractivity contribution in [2.75, 3.05) is 6.54 Å². The Labute approximate surface area is 193 Å². The Kier molecular flexibility index (Phi) is 6.25. The number of imide groups is 1. The number of hydrazine groups is 1. The van der Waals surface area contributed by atoms with E-state index in [4.69, 9.17) is 11.6 Å². The van der Waals surface area contributed by atoms with Crippen molar-refractivity contribution < 1.29 is 19.2 Å². The van der Waals surface area contributed by atoms with E-state index in [0.717, 1.165) is 27.3 Å². The predicted octanol–water partition coefficient (Wildman–Crippen LogP) is 4.52. The Morgan fingerprint density at radius 1 is 0.968 bits per heavy atom. The van der Waals surface area contributed by atoms with Gasteiger partial charge in [-0.3, -0.25) is 19.2 Å². The second-order valence-electron chi connectivity index (χ2n) is 7.76. The van der Waals surface area contributed by atoms with Gasteiger partial charge in [0.05, 0.1) is 22.4 Å². The summed E-state index contributed by atoms with van der Waals surface area (Å²) < 4.78 is 0.807. The zero-order chi connectivity index (χ0) is 22.1. The number of nitrogens with zero attached hydrogens (tertiary/aromatic N) is 2. The first kappa shape index (κ1) is 21.7. The molecule has 1 saturated heterocycles. The Balaban J connectivity index is 1.70. The Morgan fingerprint density at radius 2 is 1.55 bits per heavy atom. The lowest BCUT2D eigenvalue weighted by atomic mass is 9.81. The molecule has 4 rings (SSSR count). The molecule has 31 heavy (non-hydrogen) atoms. The number of halogens is 2. The summed E-state index contributed by atoms with van der Waals surface area (Å²) in [5, 5.41) is 2.04. The summed E-state index contributed by atoms with van der Waals surface area (Å²) >= 11 is 9.53. The Morgan fingerprint density at radius 3 is 2.13 bits per heavy atom. The van der Waals surface area contributed by atoms with Crippen LogP contribution in [-0.2, 0) is 9.59 Å². The van der Waals surface area contributed by atoms with Crippen molar-refractivity contribution in [2.45, 2.75) is 25.7 Å². The van der Waals surface area contributed by atoms with E-state index in [9.17, 15) is 19.2 Å². The van der Waals surface area contributed by atoms with Crippen LogP contribution in [0.1, 0.15) is 46.4 Å². The third-order valence-corrected chi connectivity index (χ3v) is 6.72. The summed E-state index contributed by atoms with van der Waals surface area (Å²) in [5.41, 5.74) is 0.500. The van der Waals surface area contributed by atoms with E-state index in [-0.39, 0.29) is 16.4 Å². The quantitative estimate of drug-likeness (QED) is 0.444. The number of carbonyl (C=O) groups excluding carboxylic acids is 4. The van der Waals surface area contributed by atoms with Crippen molar-refractivity contribution >= 4 is 51.0 Å². The van der Waals surface area contributed by atoms with Crippen molar-refractivity contribution in [3.8, 4) is 0 Å². The lowest BCUT2D eigenvalue weighted by Crippen LogP contribution is -2.52. The molecule has 0 radical (unpaired) electrons. The summed E-state index contributed by atoms with van der Waals surface area (Å²) in [6.07, 6.45) is 2.95. The van der Waals surface area contributed by atoms with Crippen LogP contribution in [0.15, 0.2) is 53.0 Å². The fourth-order valence-corrected chi connectivity index (χ4v) is 4.73. The van der Waals surface area contributed by atoms with Gasteiger partial charge in [0.15, 0.2) is 5.78 Å². The third-order valence-electron chi connectivity index (χ3n) is 5.86. The van der Waals surface area contributed by atoms with Gasteiger partial charge in [0.2, 0.25) is 0 Å². The van der Waals surface area contributed by atoms with Crippen molar-refractivity contribution in [2.24, 2.45) is 11.8 Å². The molecule has 1 saturated carbocycles. The molecule has 0 aromatic heterocycles. The maximum Gasteiger partial charge on any atom is 0.274 e. The van der Waals surface area contributed by atoms with E-state index < -0.39 is 36.1 Å². The first-order chi connectivity index (χ1) is 14.9. The number of benzene rings is 2. The highest BCUT2D eigenvalue weighted by Gasteiger charge is 2.51. The van der Waals surface area contributed by atoms with Gasteiger partial charge in [-0.05, 0) is 37.1 Å². The third kappa shape index (κ3) is 4.16. The number of fused-ring (bicyclic) bond motifs is 1. The lowest BCUT2D eigenvalue weighted by molar-refractivity contribution is -0.154. The second-order valence-corrected chi connectivity index (χ2v) is 9.08. The van der Waals surface area contributed by atoms with Gasteiger partial charge in [0, 0.05) is 10.0 Å². The van der Waals surface area contributed by atoms with Gasteiger partial charge >= 0.3 is 0 Å². The first-order valence-electron chi connectivity index (χ1n) is 10.1. The molecule has 1 aliphatic carbocycles. The SMILES string of the molecule is O=C(CN(C(=O)c1ccccc1Cl)N1C(=O)[C@H]2CCCC[C@H]2C1=O)c1ccc(Br)cc1. The number of hydrogen-bond acceptors (Lipinski definition) is 4. The minimum absolute atomic E-state index is 0.128. The molecule has 0 bridgehead atoms. The van der Waals surface area contributed by atoms with Gasteiger partial charge < -0.3 is 0 Å². The van der Waals surface area contributed by atoms with Gasteiger partial charge in [-0.25, -0.2) is 5.01 Å². The summed E-state index contributed by atoms with van der Waals surface area (Å²) in [6, 6.07) is 13.1. The highest BCUT2D eigenvalue weighted by molar-refractivity contribution is 9.10. The smallest absolute Gasteiger partial charge is 0.274 e. The first-order valence-corrected chi connectivity index (χ1v) is 11.3. The van der Waals surface area contributed by atoms with E-state index in [2.05, 4.69) is 15.9 Å². The maximum absolute atomic E-state index is 13.4. The molecular weight excluding hydrogens is 484 g/mol. The van der Waals surface area contributed by atoms with Gasteiger partial charge in [-0.1, -0.05) is 64.6 Å². The summed E-state index contributed by atoms with van der Waals surface area (Å²) in [7, 11) is 0. The zero-order valence-corrected chi connectivity index (χ0v) is 18.9. The van der Waals surface area contributed by atoms with Gasteiger partial charge in [-0.2, -0.15) is 5.01 Å². The van der Waals surface area contributed by atoms with Gasteiger partial charge in [0.1, 0.15) is 6.54 Å². The molecule has 1 aliphatic heterocycles. The van der Waals surface area contributed by atoms with Crippen LogP contribution in [0.2, 0.25) is 5.02 Å². The number of carbonyl (C=O) groups is 4. The van der Waals surface area contributed by atoms with Crippen LogP contribution in [0.4, 0.5) is 0 Å². The van der Waals surface area contributed by atoms with E-state index in [1.165, 1.54) is 6.07 Å². The molecule has 2 atom stereocenters. The number of ketones is 1. The van der Waals surface area contributed by atoms with Gasteiger partial charge in [0.25, 0.3) is 17.7 Å². The fraction of sp³-hybridized carbons (Fsp3) is 0.304. The van der Waals surface area contributed by atoms with Crippen LogP contribution in [-0.4, -0.2) is 40.1 Å². The minimum atomic E-state index is -0.656. The molecule has 8 heteroatoms. The summed E-state index contributed by atoms with van der Waals surface area (Å²) in [5.74, 6) is -2.76. The van der Waals surface area contributed by atoms with Crippen LogP contribution in [0.25, 0.3) is 0 Å². The van der Waals surface area contributed by atoms with Crippen molar-refractivity contribution in [3.05, 3.63) is 69.2 Å². The van der Waals surface area contributed by atoms with E-state index in [1.54, 1.807) is 42.5 Å². The highest BCUT2D eigenvalue weighted by Crippen LogP contribution is 2.39. The van der Waals surface area contributed by atoms with Crippen LogP contribution in [0.3, 0.4) is 0 Å². The molecule has 0 N–H and O–H groups in total. The number of amides is 3. The average molecular weight is 504 g/mol. The topological polar surface area (TPSA) is 74.8 Å². The second kappa shape index (κ2) is 8.93. The normalized spacial score (nSPS) is 20.5. The monoisotopic (exact) mass is 502 g/mol. The molecule has 2 fully saturated rings. The van der Waals surface area contributed by atoms with E-state index >= 15 is 0 Å². The molecule has 160 valence electrons. The number of rotatable bonds is 5. The lowest BCUT2D eigenvalue weighted by Gasteiger charge is -2.30. The van der Waals surface area contributed by atoms with Crippen LogP contribution < -0.4 is 0 Å². The standard InChI is InChI=1S/C23H20BrClN2O4/c24-15-11-9-14(10-12-15)20(28)13-26(21(29)18-7-3-4-8-19(18)25)27-22(30)16-5-1-2-6-17(16)23(27)31/h3-4,7-12,16-17H,1-2,5-6,13H2/t16-,17+. The molecule has 2 aromatic rings. The molecule has 2 aromatic carbocycles. The van der Waals surface area contributed by atoms with Crippen molar-refractivity contribution in [1.82, 2.24) is 10.0 Å². The van der Waals surface area contributed by atoms with Gasteiger partial charge in [-0.15, -0.1) is 0 Å². The molecule has 0 unspecified atom stereocenters. The predicted molar refractivity (Wildman–Crippen MR) is 118 cm³/mol. The highest BCUT2D eigenvalue weighted by atomic mass is 79.9. The van der Waals surface area contributed by atoms with Crippen LogP contribution in [0.5, 0.6) is 0 Å². The van der Waals surface area contributed by atoms with Crippen molar-refractivity contribution in [1.29, 1.82) is 0 Å². The zero-order valence-electron chi connectivity index (χ0n) is 16.6. The summed E-state index contributed by atoms with van der Waals surface area (Å²) in [6.45, 7) is -0.442. The van der Waals surface area contributed by atoms with Crippen LogP contribution >= 0.6 is 27.5 Å². The molecular formula is C23H20BrClN2O4. The summed E-state index contributed by atoms with van der Waals surface area (Å²) in [4.78, 5) is 52.7. The number of Topliss-reactive ketones (excluding diaryl/α,β-unsaturated/α-hetero) is 1. The number of hydrogen-bond donors (Lipinski definition) is 0. The largest absolute Gasteiger partial charge is 0.292 e. The fourth-order valence-electron chi connectivity index (χ4n) is 4.25.